The van der Waals surface area contributed by atoms with Crippen LogP contribution in [0, 0.1) is 0 Å². The Hall–Kier alpha value is -0.570. The molecule has 17 heavy (non-hydrogen) atoms. The van der Waals surface area contributed by atoms with E-state index >= 15 is 0 Å². The number of benzene rings is 1. The zero-order valence-corrected chi connectivity index (χ0v) is 11.5. The molecule has 1 aromatic carbocycles. The number of hydrogen-bond acceptors (Lipinski definition) is 2. The lowest BCUT2D eigenvalue weighted by Gasteiger charge is -2.14. The van der Waals surface area contributed by atoms with Gasteiger partial charge in [-0.15, -0.1) is 0 Å². The number of carbonyl (C=O) groups is 1. The molecule has 0 aromatic heterocycles. The predicted octanol–water partition coefficient (Wildman–Crippen LogP) is 3.92. The second kappa shape index (κ2) is 7.00. The fraction of sp³-hybridized carbons (Fsp3) is 0.462. The fourth-order valence-electron chi connectivity index (χ4n) is 1.62. The van der Waals surface area contributed by atoms with E-state index in [2.05, 4.69) is 0 Å². The van der Waals surface area contributed by atoms with Crippen LogP contribution in [0.15, 0.2) is 18.2 Å². The maximum absolute atomic E-state index is 12.0. The molecule has 0 aliphatic carbocycles. The van der Waals surface area contributed by atoms with Crippen molar-refractivity contribution in [2.75, 3.05) is 6.61 Å². The van der Waals surface area contributed by atoms with Gasteiger partial charge in [-0.25, -0.2) is 0 Å². The SMILES string of the molecule is CCOC(CC)C(=O)Cc1cc(Cl)ccc1Cl. The number of ether oxygens (including phenoxy) is 1. The second-order valence-corrected chi connectivity index (χ2v) is 4.57. The average Bonchev–Trinajstić information content (AvgIpc) is 2.30. The Morgan fingerprint density at radius 2 is 2.06 bits per heavy atom. The van der Waals surface area contributed by atoms with E-state index in [1.165, 1.54) is 0 Å². The molecule has 94 valence electrons. The highest BCUT2D eigenvalue weighted by Crippen LogP contribution is 2.22. The third-order valence-corrected chi connectivity index (χ3v) is 3.07. The molecule has 1 unspecified atom stereocenters. The van der Waals surface area contributed by atoms with Crippen LogP contribution in [0.2, 0.25) is 10.0 Å². The lowest BCUT2D eigenvalue weighted by molar-refractivity contribution is -0.129. The molecule has 0 spiro atoms. The molecule has 0 N–H and O–H groups in total. The van der Waals surface area contributed by atoms with Gasteiger partial charge in [-0.1, -0.05) is 30.1 Å². The van der Waals surface area contributed by atoms with E-state index in [1.54, 1.807) is 18.2 Å². The van der Waals surface area contributed by atoms with E-state index in [1.807, 2.05) is 13.8 Å². The highest BCUT2D eigenvalue weighted by molar-refractivity contribution is 6.33. The Morgan fingerprint density at radius 3 is 2.65 bits per heavy atom. The molecule has 0 aliphatic heterocycles. The van der Waals surface area contributed by atoms with Crippen molar-refractivity contribution < 1.29 is 9.53 Å². The third-order valence-electron chi connectivity index (χ3n) is 2.47. The van der Waals surface area contributed by atoms with Crippen LogP contribution in [0.5, 0.6) is 0 Å². The number of halogens is 2. The zero-order valence-electron chi connectivity index (χ0n) is 10.0. The van der Waals surface area contributed by atoms with Crippen LogP contribution in [0.4, 0.5) is 0 Å². The highest BCUT2D eigenvalue weighted by Gasteiger charge is 2.17. The first-order valence-corrected chi connectivity index (χ1v) is 6.42. The fourth-order valence-corrected chi connectivity index (χ4v) is 2.00. The van der Waals surface area contributed by atoms with Gasteiger partial charge in [0.1, 0.15) is 6.10 Å². The zero-order chi connectivity index (χ0) is 12.8. The van der Waals surface area contributed by atoms with Crippen LogP contribution in [-0.4, -0.2) is 18.5 Å². The molecule has 0 saturated heterocycles. The molecule has 0 bridgehead atoms. The van der Waals surface area contributed by atoms with Crippen molar-refractivity contribution in [2.24, 2.45) is 0 Å². The van der Waals surface area contributed by atoms with Crippen LogP contribution in [0.3, 0.4) is 0 Å². The summed E-state index contributed by atoms with van der Waals surface area (Å²) in [4.78, 5) is 12.0. The van der Waals surface area contributed by atoms with Crippen LogP contribution >= 0.6 is 23.2 Å². The summed E-state index contributed by atoms with van der Waals surface area (Å²) in [5.41, 5.74) is 0.752. The van der Waals surface area contributed by atoms with Crippen molar-refractivity contribution in [3.63, 3.8) is 0 Å². The van der Waals surface area contributed by atoms with Gasteiger partial charge in [0, 0.05) is 23.1 Å². The number of ketones is 1. The van der Waals surface area contributed by atoms with E-state index in [0.717, 1.165) is 5.56 Å². The minimum atomic E-state index is -0.352. The Bertz CT molecular complexity index is 391. The van der Waals surface area contributed by atoms with E-state index in [-0.39, 0.29) is 18.3 Å². The van der Waals surface area contributed by atoms with Crippen molar-refractivity contribution in [3.8, 4) is 0 Å². The third kappa shape index (κ3) is 4.30. The summed E-state index contributed by atoms with van der Waals surface area (Å²) in [5.74, 6) is 0.0403. The van der Waals surface area contributed by atoms with Gasteiger partial charge >= 0.3 is 0 Å². The van der Waals surface area contributed by atoms with Crippen LogP contribution in [0.1, 0.15) is 25.8 Å². The van der Waals surface area contributed by atoms with Crippen molar-refractivity contribution in [1.29, 1.82) is 0 Å². The monoisotopic (exact) mass is 274 g/mol. The van der Waals surface area contributed by atoms with Gasteiger partial charge in [0.05, 0.1) is 0 Å². The summed E-state index contributed by atoms with van der Waals surface area (Å²) in [6.07, 6.45) is 0.581. The quantitative estimate of drug-likeness (QED) is 0.786. The van der Waals surface area contributed by atoms with Crippen LogP contribution in [0.25, 0.3) is 0 Å². The van der Waals surface area contributed by atoms with Crippen molar-refractivity contribution in [3.05, 3.63) is 33.8 Å². The van der Waals surface area contributed by atoms with Crippen molar-refractivity contribution >= 4 is 29.0 Å². The molecule has 2 nitrogen and oxygen atoms in total. The molecular formula is C13H16Cl2O2. The number of rotatable bonds is 6. The molecule has 0 saturated carbocycles. The van der Waals surface area contributed by atoms with Crippen LogP contribution in [-0.2, 0) is 16.0 Å². The molecule has 1 rings (SSSR count). The van der Waals surface area contributed by atoms with Crippen molar-refractivity contribution in [1.82, 2.24) is 0 Å². The summed E-state index contributed by atoms with van der Waals surface area (Å²) >= 11 is 11.9. The second-order valence-electron chi connectivity index (χ2n) is 3.73. The predicted molar refractivity (Wildman–Crippen MR) is 70.9 cm³/mol. The summed E-state index contributed by atoms with van der Waals surface area (Å²) in [5, 5.41) is 1.15. The van der Waals surface area contributed by atoms with Gasteiger partial charge in [0.15, 0.2) is 5.78 Å². The largest absolute Gasteiger partial charge is 0.371 e. The van der Waals surface area contributed by atoms with E-state index in [4.69, 9.17) is 27.9 Å². The summed E-state index contributed by atoms with van der Waals surface area (Å²) in [6, 6.07) is 5.13. The van der Waals surface area contributed by atoms with E-state index < -0.39 is 0 Å². The Kier molecular flexibility index (Phi) is 5.96. The van der Waals surface area contributed by atoms with Gasteiger partial charge in [-0.3, -0.25) is 4.79 Å². The van der Waals surface area contributed by atoms with Crippen molar-refractivity contribution in [2.45, 2.75) is 32.8 Å². The highest BCUT2D eigenvalue weighted by atomic mass is 35.5. The maximum atomic E-state index is 12.0. The number of hydrogen-bond donors (Lipinski definition) is 0. The molecule has 4 heteroatoms. The normalized spacial score (nSPS) is 12.5. The first kappa shape index (κ1) is 14.5. The first-order chi connectivity index (χ1) is 8.08. The van der Waals surface area contributed by atoms with Gasteiger partial charge in [-0.05, 0) is 37.1 Å². The Morgan fingerprint density at radius 1 is 1.35 bits per heavy atom. The summed E-state index contributed by atoms with van der Waals surface area (Å²) in [6.45, 7) is 4.34. The molecule has 0 fully saturated rings. The molecule has 1 atom stereocenters. The van der Waals surface area contributed by atoms with Gasteiger partial charge in [0.25, 0.3) is 0 Å². The average molecular weight is 275 g/mol. The molecule has 0 heterocycles. The molecule has 0 amide bonds. The van der Waals surface area contributed by atoms with Crippen LogP contribution < -0.4 is 0 Å². The minimum Gasteiger partial charge on any atom is -0.371 e. The smallest absolute Gasteiger partial charge is 0.165 e. The lowest BCUT2D eigenvalue weighted by Crippen LogP contribution is -2.25. The van der Waals surface area contributed by atoms with Gasteiger partial charge < -0.3 is 4.74 Å². The maximum Gasteiger partial charge on any atom is 0.165 e. The number of carbonyl (C=O) groups excluding carboxylic acids is 1. The molecule has 0 aliphatic rings. The Balaban J connectivity index is 2.76. The number of Topliss-reactive ketones (excluding diaryl/α,β-unsaturated/α-hetero) is 1. The van der Waals surface area contributed by atoms with E-state index in [0.29, 0.717) is 23.1 Å². The standard InChI is InChI=1S/C13H16Cl2O2/c1-3-13(17-4-2)12(16)8-9-7-10(14)5-6-11(9)15/h5-7,13H,3-4,8H2,1-2H3. The van der Waals surface area contributed by atoms with E-state index in [9.17, 15) is 4.79 Å². The Labute approximate surface area is 112 Å². The van der Waals surface area contributed by atoms with Gasteiger partial charge in [-0.2, -0.15) is 0 Å². The topological polar surface area (TPSA) is 26.3 Å². The summed E-state index contributed by atoms with van der Waals surface area (Å²) in [7, 11) is 0. The molecule has 0 radical (unpaired) electrons. The summed E-state index contributed by atoms with van der Waals surface area (Å²) < 4.78 is 5.37. The molecule has 1 aromatic rings. The molecular weight excluding hydrogens is 259 g/mol. The first-order valence-electron chi connectivity index (χ1n) is 5.66. The van der Waals surface area contributed by atoms with Gasteiger partial charge in [0.2, 0.25) is 0 Å². The minimum absolute atomic E-state index is 0.0403. The lowest BCUT2D eigenvalue weighted by atomic mass is 10.0.